The van der Waals surface area contributed by atoms with Crippen molar-refractivity contribution in [2.24, 2.45) is 0 Å². The summed E-state index contributed by atoms with van der Waals surface area (Å²) in [6.07, 6.45) is -4.50. The van der Waals surface area contributed by atoms with Gasteiger partial charge in [0, 0.05) is 12.2 Å². The zero-order valence-electron chi connectivity index (χ0n) is 11.3. The summed E-state index contributed by atoms with van der Waals surface area (Å²) < 4.78 is 37.5. The van der Waals surface area contributed by atoms with Gasteiger partial charge in [0.2, 0.25) is 5.91 Å². The van der Waals surface area contributed by atoms with E-state index in [4.69, 9.17) is 17.3 Å². The molecule has 120 valence electrons. The summed E-state index contributed by atoms with van der Waals surface area (Å²) in [5.41, 5.74) is 6.13. The Labute approximate surface area is 129 Å². The van der Waals surface area contributed by atoms with E-state index in [0.29, 0.717) is 17.0 Å². The second-order valence-electron chi connectivity index (χ2n) is 4.88. The lowest BCUT2D eigenvalue weighted by Crippen LogP contribution is -2.48. The Morgan fingerprint density at radius 2 is 2.05 bits per heavy atom. The van der Waals surface area contributed by atoms with Gasteiger partial charge in [-0.05, 0) is 31.0 Å². The van der Waals surface area contributed by atoms with Gasteiger partial charge in [-0.3, -0.25) is 9.59 Å². The predicted molar refractivity (Wildman–Crippen MR) is 75.3 cm³/mol. The van der Waals surface area contributed by atoms with E-state index in [1.54, 1.807) is 0 Å². The van der Waals surface area contributed by atoms with E-state index < -0.39 is 24.0 Å². The van der Waals surface area contributed by atoms with E-state index in [0.717, 1.165) is 0 Å². The minimum atomic E-state index is -5.00. The van der Waals surface area contributed by atoms with Gasteiger partial charge in [-0.25, -0.2) is 0 Å². The molecule has 1 atom stereocenters. The first kappa shape index (κ1) is 16.4. The summed E-state index contributed by atoms with van der Waals surface area (Å²) in [4.78, 5) is 24.0. The Morgan fingerprint density at radius 1 is 1.36 bits per heavy atom. The normalized spacial score (nSPS) is 18.4. The number of likely N-dealkylation sites (tertiary alicyclic amines) is 1. The van der Waals surface area contributed by atoms with Crippen LogP contribution in [0.1, 0.15) is 12.8 Å². The average Bonchev–Trinajstić information content (AvgIpc) is 2.89. The molecule has 3 N–H and O–H groups in total. The van der Waals surface area contributed by atoms with E-state index in [-0.39, 0.29) is 23.7 Å². The monoisotopic (exact) mass is 335 g/mol. The van der Waals surface area contributed by atoms with Crippen molar-refractivity contribution >= 4 is 34.8 Å². The highest BCUT2D eigenvalue weighted by Crippen LogP contribution is 2.28. The molecule has 0 saturated carbocycles. The minimum Gasteiger partial charge on any atom is -0.399 e. The number of rotatable bonds is 2. The van der Waals surface area contributed by atoms with Crippen molar-refractivity contribution in [1.29, 1.82) is 0 Å². The van der Waals surface area contributed by atoms with Gasteiger partial charge in [-0.2, -0.15) is 13.2 Å². The van der Waals surface area contributed by atoms with Crippen molar-refractivity contribution in [3.63, 3.8) is 0 Å². The highest BCUT2D eigenvalue weighted by Gasteiger charge is 2.47. The molecule has 5 nitrogen and oxygen atoms in total. The fourth-order valence-electron chi connectivity index (χ4n) is 2.29. The molecule has 1 saturated heterocycles. The molecule has 0 aliphatic carbocycles. The third kappa shape index (κ3) is 3.44. The molecule has 0 radical (unpaired) electrons. The first-order chi connectivity index (χ1) is 10.2. The fourth-order valence-corrected chi connectivity index (χ4v) is 2.53. The molecular weight excluding hydrogens is 323 g/mol. The third-order valence-electron chi connectivity index (χ3n) is 3.31. The second-order valence-corrected chi connectivity index (χ2v) is 5.29. The van der Waals surface area contributed by atoms with E-state index in [9.17, 15) is 22.8 Å². The molecule has 0 bridgehead atoms. The number of carbonyl (C=O) groups is 2. The molecular formula is C13H13ClF3N3O2. The van der Waals surface area contributed by atoms with Gasteiger partial charge in [0.05, 0.1) is 10.7 Å². The molecule has 22 heavy (non-hydrogen) atoms. The van der Waals surface area contributed by atoms with Crippen LogP contribution in [-0.4, -0.2) is 35.5 Å². The number of nitrogens with one attached hydrogen (secondary N) is 1. The lowest BCUT2D eigenvalue weighted by Gasteiger charge is -2.24. The number of nitrogens with two attached hydrogens (primary N) is 1. The van der Waals surface area contributed by atoms with Crippen LogP contribution in [0.2, 0.25) is 5.02 Å². The van der Waals surface area contributed by atoms with Crippen molar-refractivity contribution in [2.45, 2.75) is 25.1 Å². The molecule has 1 aromatic rings. The Balaban J connectivity index is 2.13. The van der Waals surface area contributed by atoms with Crippen LogP contribution in [0.25, 0.3) is 0 Å². The number of benzene rings is 1. The van der Waals surface area contributed by atoms with Crippen LogP contribution in [0.3, 0.4) is 0 Å². The van der Waals surface area contributed by atoms with Crippen molar-refractivity contribution in [3.05, 3.63) is 23.2 Å². The summed E-state index contributed by atoms with van der Waals surface area (Å²) in [7, 11) is 0. The highest BCUT2D eigenvalue weighted by atomic mass is 35.5. The first-order valence-electron chi connectivity index (χ1n) is 6.44. The van der Waals surface area contributed by atoms with Crippen LogP contribution in [-0.2, 0) is 9.59 Å². The molecule has 9 heteroatoms. The molecule has 1 aliphatic heterocycles. The lowest BCUT2D eigenvalue weighted by molar-refractivity contribution is -0.186. The first-order valence-corrected chi connectivity index (χ1v) is 6.81. The van der Waals surface area contributed by atoms with Crippen LogP contribution in [0.5, 0.6) is 0 Å². The number of nitrogen functional groups attached to an aromatic ring is 1. The molecule has 1 aromatic carbocycles. The number of anilines is 2. The van der Waals surface area contributed by atoms with Gasteiger partial charge in [0.1, 0.15) is 6.04 Å². The minimum absolute atomic E-state index is 0.105. The summed E-state index contributed by atoms with van der Waals surface area (Å²) in [5.74, 6) is -2.71. The van der Waals surface area contributed by atoms with Crippen molar-refractivity contribution in [1.82, 2.24) is 4.90 Å². The van der Waals surface area contributed by atoms with E-state index in [2.05, 4.69) is 5.32 Å². The SMILES string of the molecule is Nc1ccc(NC(=O)C2CCCN2C(=O)C(F)(F)F)c(Cl)c1. The highest BCUT2D eigenvalue weighted by molar-refractivity contribution is 6.34. The standard InChI is InChI=1S/C13H13ClF3N3O2/c14-8-6-7(18)3-4-9(8)19-11(21)10-2-1-5-20(10)12(22)13(15,16)17/h3-4,6,10H,1-2,5,18H2,(H,19,21). The molecule has 2 rings (SSSR count). The van der Waals surface area contributed by atoms with Crippen molar-refractivity contribution in [3.8, 4) is 0 Å². The summed E-state index contributed by atoms with van der Waals surface area (Å²) in [6, 6.07) is 3.18. The molecule has 1 heterocycles. The van der Waals surface area contributed by atoms with Gasteiger partial charge < -0.3 is 16.0 Å². The Hall–Kier alpha value is -1.96. The van der Waals surface area contributed by atoms with Crippen LogP contribution in [0, 0.1) is 0 Å². The summed E-state index contributed by atoms with van der Waals surface area (Å²) in [6.45, 7) is -0.105. The maximum absolute atomic E-state index is 12.5. The molecule has 1 fully saturated rings. The second kappa shape index (κ2) is 6.04. The summed E-state index contributed by atoms with van der Waals surface area (Å²) >= 11 is 5.90. The maximum atomic E-state index is 12.5. The van der Waals surface area contributed by atoms with Gasteiger partial charge in [-0.1, -0.05) is 11.6 Å². The largest absolute Gasteiger partial charge is 0.471 e. The lowest BCUT2D eigenvalue weighted by atomic mass is 10.2. The predicted octanol–water partition coefficient (Wildman–Crippen LogP) is 2.41. The number of hydrogen-bond acceptors (Lipinski definition) is 3. The van der Waals surface area contributed by atoms with E-state index in [1.165, 1.54) is 18.2 Å². The molecule has 2 amide bonds. The molecule has 0 spiro atoms. The number of nitrogens with zero attached hydrogens (tertiary/aromatic N) is 1. The molecule has 0 aromatic heterocycles. The van der Waals surface area contributed by atoms with Crippen LogP contribution < -0.4 is 11.1 Å². The zero-order chi connectivity index (χ0) is 16.5. The van der Waals surface area contributed by atoms with E-state index in [1.807, 2.05) is 0 Å². The zero-order valence-corrected chi connectivity index (χ0v) is 12.0. The van der Waals surface area contributed by atoms with Crippen LogP contribution >= 0.6 is 11.6 Å². The topological polar surface area (TPSA) is 75.4 Å². The number of carbonyl (C=O) groups excluding carboxylic acids is 2. The number of alkyl halides is 3. The van der Waals surface area contributed by atoms with Gasteiger partial charge in [-0.15, -0.1) is 0 Å². The van der Waals surface area contributed by atoms with Crippen LogP contribution in [0.15, 0.2) is 18.2 Å². The maximum Gasteiger partial charge on any atom is 0.471 e. The number of amides is 2. The fraction of sp³-hybridized carbons (Fsp3) is 0.385. The van der Waals surface area contributed by atoms with Gasteiger partial charge >= 0.3 is 12.1 Å². The summed E-state index contributed by atoms with van der Waals surface area (Å²) in [5, 5.41) is 2.59. The average molecular weight is 336 g/mol. The Kier molecular flexibility index (Phi) is 4.50. The number of hydrogen-bond donors (Lipinski definition) is 2. The molecule has 1 aliphatic rings. The Morgan fingerprint density at radius 3 is 2.64 bits per heavy atom. The third-order valence-corrected chi connectivity index (χ3v) is 3.62. The smallest absolute Gasteiger partial charge is 0.399 e. The van der Waals surface area contributed by atoms with Crippen LogP contribution in [0.4, 0.5) is 24.5 Å². The Bertz CT molecular complexity index is 607. The molecule has 1 unspecified atom stereocenters. The quantitative estimate of drug-likeness (QED) is 0.815. The van der Waals surface area contributed by atoms with Crippen molar-refractivity contribution < 1.29 is 22.8 Å². The van der Waals surface area contributed by atoms with Gasteiger partial charge in [0.15, 0.2) is 0 Å². The number of halogens is 4. The van der Waals surface area contributed by atoms with E-state index >= 15 is 0 Å². The van der Waals surface area contributed by atoms with Gasteiger partial charge in [0.25, 0.3) is 0 Å². The van der Waals surface area contributed by atoms with Crippen molar-refractivity contribution in [2.75, 3.05) is 17.6 Å².